The number of amides is 2. The monoisotopic (exact) mass is 294 g/mol. The SMILES string of the molecule is COc1ccc(C)cc1[C@@H](C)NC(=O)NCCCC(=O)O. The standard InChI is InChI=1S/C15H22N2O4/c1-10-6-7-13(21-3)12(9-10)11(2)17-15(20)16-8-4-5-14(18)19/h6-7,9,11H,4-5,8H2,1-3H3,(H,18,19)(H2,16,17,20)/t11-/m1/s1. The first-order valence-corrected chi connectivity index (χ1v) is 6.84. The van der Waals surface area contributed by atoms with Crippen molar-refractivity contribution < 1.29 is 19.4 Å². The molecule has 1 aromatic rings. The lowest BCUT2D eigenvalue weighted by Gasteiger charge is -2.18. The maximum Gasteiger partial charge on any atom is 0.315 e. The van der Waals surface area contributed by atoms with E-state index >= 15 is 0 Å². The first kappa shape index (κ1) is 16.8. The summed E-state index contributed by atoms with van der Waals surface area (Å²) in [5, 5.41) is 14.0. The molecule has 0 heterocycles. The first-order valence-electron chi connectivity index (χ1n) is 6.84. The molecule has 0 aromatic heterocycles. The van der Waals surface area contributed by atoms with E-state index in [1.54, 1.807) is 7.11 Å². The number of methoxy groups -OCH3 is 1. The number of benzene rings is 1. The fourth-order valence-electron chi connectivity index (χ4n) is 1.96. The van der Waals surface area contributed by atoms with Crippen molar-refractivity contribution in [3.05, 3.63) is 29.3 Å². The highest BCUT2D eigenvalue weighted by Gasteiger charge is 2.14. The highest BCUT2D eigenvalue weighted by Crippen LogP contribution is 2.25. The van der Waals surface area contributed by atoms with E-state index in [1.807, 2.05) is 32.0 Å². The van der Waals surface area contributed by atoms with E-state index in [2.05, 4.69) is 10.6 Å². The third kappa shape index (κ3) is 5.72. The van der Waals surface area contributed by atoms with Gasteiger partial charge in [0.1, 0.15) is 5.75 Å². The molecule has 2 amide bonds. The molecule has 3 N–H and O–H groups in total. The van der Waals surface area contributed by atoms with Crippen LogP contribution in [0, 0.1) is 6.92 Å². The van der Waals surface area contributed by atoms with Gasteiger partial charge in [-0.25, -0.2) is 4.79 Å². The van der Waals surface area contributed by atoms with Gasteiger partial charge >= 0.3 is 12.0 Å². The van der Waals surface area contributed by atoms with Crippen LogP contribution in [0.1, 0.15) is 36.9 Å². The second-order valence-corrected chi connectivity index (χ2v) is 4.86. The molecular weight excluding hydrogens is 272 g/mol. The summed E-state index contributed by atoms with van der Waals surface area (Å²) < 4.78 is 5.29. The van der Waals surface area contributed by atoms with E-state index < -0.39 is 5.97 Å². The van der Waals surface area contributed by atoms with Crippen LogP contribution in [0.2, 0.25) is 0 Å². The second-order valence-electron chi connectivity index (χ2n) is 4.86. The first-order chi connectivity index (χ1) is 9.93. The van der Waals surface area contributed by atoms with Gasteiger partial charge in [-0.05, 0) is 26.3 Å². The van der Waals surface area contributed by atoms with Crippen molar-refractivity contribution in [1.82, 2.24) is 10.6 Å². The van der Waals surface area contributed by atoms with Gasteiger partial charge in [-0.1, -0.05) is 17.7 Å². The molecule has 0 aliphatic carbocycles. The number of hydrogen-bond donors (Lipinski definition) is 3. The van der Waals surface area contributed by atoms with E-state index in [1.165, 1.54) is 0 Å². The Kier molecular flexibility index (Phi) is 6.52. The van der Waals surface area contributed by atoms with E-state index in [0.29, 0.717) is 13.0 Å². The van der Waals surface area contributed by atoms with Crippen LogP contribution in [-0.2, 0) is 4.79 Å². The number of carboxylic acids is 1. The molecule has 0 spiro atoms. The Bertz CT molecular complexity index is 502. The summed E-state index contributed by atoms with van der Waals surface area (Å²) in [5.41, 5.74) is 1.99. The van der Waals surface area contributed by atoms with Gasteiger partial charge in [0, 0.05) is 18.5 Å². The predicted octanol–water partition coefficient (Wildman–Crippen LogP) is 2.23. The van der Waals surface area contributed by atoms with Gasteiger partial charge in [-0.15, -0.1) is 0 Å². The largest absolute Gasteiger partial charge is 0.496 e. The van der Waals surface area contributed by atoms with Gasteiger partial charge in [-0.2, -0.15) is 0 Å². The Morgan fingerprint density at radius 2 is 2.10 bits per heavy atom. The Labute approximate surface area is 124 Å². The molecule has 1 rings (SSSR count). The van der Waals surface area contributed by atoms with Crippen LogP contribution in [0.25, 0.3) is 0 Å². The summed E-state index contributed by atoms with van der Waals surface area (Å²) in [6, 6.07) is 5.25. The van der Waals surface area contributed by atoms with Gasteiger partial charge in [0.15, 0.2) is 0 Å². The number of nitrogens with one attached hydrogen (secondary N) is 2. The molecule has 0 aliphatic heterocycles. The summed E-state index contributed by atoms with van der Waals surface area (Å²) in [4.78, 5) is 22.1. The summed E-state index contributed by atoms with van der Waals surface area (Å²) in [7, 11) is 1.59. The zero-order chi connectivity index (χ0) is 15.8. The molecule has 0 bridgehead atoms. The van der Waals surface area contributed by atoms with E-state index in [4.69, 9.17) is 9.84 Å². The van der Waals surface area contributed by atoms with Gasteiger partial charge in [0.05, 0.1) is 13.2 Å². The van der Waals surface area contributed by atoms with Crippen molar-refractivity contribution in [2.45, 2.75) is 32.7 Å². The van der Waals surface area contributed by atoms with Gasteiger partial charge < -0.3 is 20.5 Å². The van der Waals surface area contributed by atoms with Gasteiger partial charge in [-0.3, -0.25) is 4.79 Å². The third-order valence-electron chi connectivity index (χ3n) is 3.05. The van der Waals surface area contributed by atoms with E-state index in [-0.39, 0.29) is 18.5 Å². The Balaban J connectivity index is 2.52. The smallest absolute Gasteiger partial charge is 0.315 e. The van der Waals surface area contributed by atoms with Crippen molar-refractivity contribution in [3.8, 4) is 5.75 Å². The van der Waals surface area contributed by atoms with Crippen molar-refractivity contribution in [2.24, 2.45) is 0 Å². The lowest BCUT2D eigenvalue weighted by molar-refractivity contribution is -0.137. The van der Waals surface area contributed by atoms with Gasteiger partial charge in [0.25, 0.3) is 0 Å². The maximum absolute atomic E-state index is 11.7. The maximum atomic E-state index is 11.7. The lowest BCUT2D eigenvalue weighted by Crippen LogP contribution is -2.37. The fraction of sp³-hybridized carbons (Fsp3) is 0.467. The second kappa shape index (κ2) is 8.14. The highest BCUT2D eigenvalue weighted by molar-refractivity contribution is 5.74. The zero-order valence-corrected chi connectivity index (χ0v) is 12.6. The topological polar surface area (TPSA) is 87.7 Å². The normalized spacial score (nSPS) is 11.6. The van der Waals surface area contributed by atoms with Crippen LogP contribution in [0.5, 0.6) is 5.75 Å². The summed E-state index contributed by atoms with van der Waals surface area (Å²) in [6.45, 7) is 4.17. The van der Waals surface area contributed by atoms with Crippen LogP contribution in [0.3, 0.4) is 0 Å². The number of carbonyl (C=O) groups excluding carboxylic acids is 1. The fourth-order valence-corrected chi connectivity index (χ4v) is 1.96. The minimum atomic E-state index is -0.866. The Morgan fingerprint density at radius 3 is 2.71 bits per heavy atom. The molecule has 1 aromatic carbocycles. The molecule has 0 saturated carbocycles. The molecular formula is C15H22N2O4. The molecule has 21 heavy (non-hydrogen) atoms. The molecule has 0 saturated heterocycles. The van der Waals surface area contributed by atoms with Gasteiger partial charge in [0.2, 0.25) is 0 Å². The molecule has 0 aliphatic rings. The number of hydrogen-bond acceptors (Lipinski definition) is 3. The number of carboxylic acid groups (broad SMARTS) is 1. The summed E-state index contributed by atoms with van der Waals surface area (Å²) >= 11 is 0. The number of ether oxygens (including phenoxy) is 1. The molecule has 6 nitrogen and oxygen atoms in total. The molecule has 6 heteroatoms. The zero-order valence-electron chi connectivity index (χ0n) is 12.6. The summed E-state index contributed by atoms with van der Waals surface area (Å²) in [5.74, 6) is -0.144. The number of carbonyl (C=O) groups is 2. The van der Waals surface area contributed by atoms with Crippen LogP contribution < -0.4 is 15.4 Å². The molecule has 116 valence electrons. The molecule has 0 fully saturated rings. The number of rotatable bonds is 7. The van der Waals surface area contributed by atoms with Crippen molar-refractivity contribution in [3.63, 3.8) is 0 Å². The quantitative estimate of drug-likeness (QED) is 0.673. The minimum absolute atomic E-state index is 0.0432. The average Bonchev–Trinajstić information content (AvgIpc) is 2.43. The Morgan fingerprint density at radius 1 is 1.38 bits per heavy atom. The molecule has 0 unspecified atom stereocenters. The predicted molar refractivity (Wildman–Crippen MR) is 79.6 cm³/mol. The third-order valence-corrected chi connectivity index (χ3v) is 3.05. The van der Waals surface area contributed by atoms with Crippen molar-refractivity contribution in [2.75, 3.05) is 13.7 Å². The lowest BCUT2D eigenvalue weighted by atomic mass is 10.0. The van der Waals surface area contributed by atoms with Crippen LogP contribution >= 0.6 is 0 Å². The van der Waals surface area contributed by atoms with Crippen molar-refractivity contribution >= 4 is 12.0 Å². The molecule has 1 atom stereocenters. The Hall–Kier alpha value is -2.24. The number of aryl methyl sites for hydroxylation is 1. The van der Waals surface area contributed by atoms with Crippen molar-refractivity contribution in [1.29, 1.82) is 0 Å². The summed E-state index contributed by atoms with van der Waals surface area (Å²) in [6.07, 6.45) is 0.451. The number of aliphatic carboxylic acids is 1. The minimum Gasteiger partial charge on any atom is -0.496 e. The van der Waals surface area contributed by atoms with Crippen LogP contribution in [0.4, 0.5) is 4.79 Å². The van der Waals surface area contributed by atoms with Crippen LogP contribution in [0.15, 0.2) is 18.2 Å². The highest BCUT2D eigenvalue weighted by atomic mass is 16.5. The average molecular weight is 294 g/mol. The van der Waals surface area contributed by atoms with E-state index in [9.17, 15) is 9.59 Å². The number of urea groups is 1. The van der Waals surface area contributed by atoms with E-state index in [0.717, 1.165) is 16.9 Å². The van der Waals surface area contributed by atoms with Crippen LogP contribution in [-0.4, -0.2) is 30.8 Å². The molecule has 0 radical (unpaired) electrons.